The van der Waals surface area contributed by atoms with Gasteiger partial charge in [0.25, 0.3) is 5.91 Å². The lowest BCUT2D eigenvalue weighted by atomic mass is 10.1. The molecule has 2 heterocycles. The van der Waals surface area contributed by atoms with Crippen LogP contribution in [0.4, 0.5) is 15.2 Å². The van der Waals surface area contributed by atoms with E-state index in [4.69, 9.17) is 0 Å². The van der Waals surface area contributed by atoms with E-state index in [1.165, 1.54) is 30.4 Å². The van der Waals surface area contributed by atoms with Crippen LogP contribution < -0.4 is 10.6 Å². The number of carbonyl (C=O) groups is 2. The zero-order valence-corrected chi connectivity index (χ0v) is 14.4. The van der Waals surface area contributed by atoms with Crippen LogP contribution in [-0.4, -0.2) is 21.4 Å². The van der Waals surface area contributed by atoms with Gasteiger partial charge in [0.15, 0.2) is 5.13 Å². The van der Waals surface area contributed by atoms with Gasteiger partial charge in [0, 0.05) is 31.1 Å². The molecule has 2 amide bonds. The van der Waals surface area contributed by atoms with E-state index >= 15 is 0 Å². The van der Waals surface area contributed by atoms with Crippen molar-refractivity contribution in [1.82, 2.24) is 9.55 Å². The van der Waals surface area contributed by atoms with E-state index in [2.05, 4.69) is 15.6 Å². The zero-order valence-electron chi connectivity index (χ0n) is 13.5. The first-order chi connectivity index (χ1) is 11.9. The Bertz CT molecular complexity index is 948. The standard InChI is InChI=1S/C17H15FN4O2S/c1-10(23)19-13-8-11(18)5-6-12(13)14-9-25-17(20-14)21-16(24)15-4-3-7-22(15)2/h3-9H,1-2H3,(H,19,23)(H,20,21,24). The predicted molar refractivity (Wildman–Crippen MR) is 95.2 cm³/mol. The molecule has 2 N–H and O–H groups in total. The molecule has 0 aliphatic rings. The fraction of sp³-hybridized carbons (Fsp3) is 0.118. The summed E-state index contributed by atoms with van der Waals surface area (Å²) >= 11 is 1.25. The molecule has 0 aliphatic carbocycles. The minimum atomic E-state index is -0.458. The number of anilines is 2. The van der Waals surface area contributed by atoms with Gasteiger partial charge in [-0.05, 0) is 30.3 Å². The molecule has 0 bridgehead atoms. The van der Waals surface area contributed by atoms with Gasteiger partial charge in [0.05, 0.1) is 11.4 Å². The molecule has 0 aliphatic heterocycles. The molecule has 0 saturated carbocycles. The van der Waals surface area contributed by atoms with Crippen LogP contribution in [0.25, 0.3) is 11.3 Å². The van der Waals surface area contributed by atoms with Crippen molar-refractivity contribution in [2.45, 2.75) is 6.92 Å². The van der Waals surface area contributed by atoms with Crippen molar-refractivity contribution in [2.24, 2.45) is 7.05 Å². The Morgan fingerprint density at radius 1 is 1.24 bits per heavy atom. The maximum absolute atomic E-state index is 13.5. The monoisotopic (exact) mass is 358 g/mol. The second-order valence-electron chi connectivity index (χ2n) is 5.37. The molecule has 8 heteroatoms. The lowest BCUT2D eigenvalue weighted by Gasteiger charge is -2.08. The van der Waals surface area contributed by atoms with Crippen LogP contribution in [0.3, 0.4) is 0 Å². The number of aromatic nitrogens is 2. The quantitative estimate of drug-likeness (QED) is 0.749. The van der Waals surface area contributed by atoms with Crippen molar-refractivity contribution in [3.05, 3.63) is 53.4 Å². The van der Waals surface area contributed by atoms with E-state index in [0.717, 1.165) is 0 Å². The highest BCUT2D eigenvalue weighted by atomic mass is 32.1. The summed E-state index contributed by atoms with van der Waals surface area (Å²) in [4.78, 5) is 27.9. The van der Waals surface area contributed by atoms with E-state index < -0.39 is 5.82 Å². The topological polar surface area (TPSA) is 76.0 Å². The maximum atomic E-state index is 13.5. The fourth-order valence-corrected chi connectivity index (χ4v) is 3.05. The molecule has 0 unspecified atom stereocenters. The van der Waals surface area contributed by atoms with Crippen LogP contribution >= 0.6 is 11.3 Å². The molecule has 6 nitrogen and oxygen atoms in total. The first-order valence-electron chi connectivity index (χ1n) is 7.40. The van der Waals surface area contributed by atoms with E-state index in [-0.39, 0.29) is 11.8 Å². The molecule has 128 valence electrons. The molecule has 0 spiro atoms. The molecular weight excluding hydrogens is 343 g/mol. The Morgan fingerprint density at radius 2 is 2.04 bits per heavy atom. The average Bonchev–Trinajstić information content (AvgIpc) is 3.16. The highest BCUT2D eigenvalue weighted by Crippen LogP contribution is 2.31. The average molecular weight is 358 g/mol. The Kier molecular flexibility index (Phi) is 4.62. The SMILES string of the molecule is CC(=O)Nc1cc(F)ccc1-c1csc(NC(=O)c2cccn2C)n1. The van der Waals surface area contributed by atoms with E-state index in [0.29, 0.717) is 27.8 Å². The molecule has 0 saturated heterocycles. The Balaban J connectivity index is 1.85. The molecule has 2 aromatic heterocycles. The number of hydrogen-bond acceptors (Lipinski definition) is 4. The molecule has 1 aromatic carbocycles. The van der Waals surface area contributed by atoms with Crippen LogP contribution in [0.2, 0.25) is 0 Å². The van der Waals surface area contributed by atoms with Gasteiger partial charge in [-0.2, -0.15) is 0 Å². The zero-order chi connectivity index (χ0) is 18.0. The lowest BCUT2D eigenvalue weighted by molar-refractivity contribution is -0.114. The summed E-state index contributed by atoms with van der Waals surface area (Å²) in [7, 11) is 1.78. The van der Waals surface area contributed by atoms with Gasteiger partial charge in [-0.3, -0.25) is 14.9 Å². The molecule has 0 atom stereocenters. The first-order valence-corrected chi connectivity index (χ1v) is 8.27. The number of carbonyl (C=O) groups excluding carboxylic acids is 2. The third-order valence-corrected chi connectivity index (χ3v) is 4.23. The van der Waals surface area contributed by atoms with Gasteiger partial charge in [-0.25, -0.2) is 9.37 Å². The van der Waals surface area contributed by atoms with Crippen LogP contribution in [0.1, 0.15) is 17.4 Å². The van der Waals surface area contributed by atoms with Crippen molar-refractivity contribution < 1.29 is 14.0 Å². The largest absolute Gasteiger partial charge is 0.347 e. The molecule has 0 radical (unpaired) electrons. The third kappa shape index (κ3) is 3.74. The van der Waals surface area contributed by atoms with Crippen molar-refractivity contribution in [3.8, 4) is 11.3 Å². The Morgan fingerprint density at radius 3 is 2.72 bits per heavy atom. The number of nitrogens with zero attached hydrogens (tertiary/aromatic N) is 2. The molecule has 3 rings (SSSR count). The van der Waals surface area contributed by atoms with Crippen molar-refractivity contribution in [1.29, 1.82) is 0 Å². The summed E-state index contributed by atoms with van der Waals surface area (Å²) in [6.07, 6.45) is 1.78. The summed E-state index contributed by atoms with van der Waals surface area (Å²) in [5, 5.41) is 7.47. The van der Waals surface area contributed by atoms with Gasteiger partial charge in [0.1, 0.15) is 11.5 Å². The van der Waals surface area contributed by atoms with E-state index in [1.54, 1.807) is 41.4 Å². The van der Waals surface area contributed by atoms with Crippen LogP contribution in [0.5, 0.6) is 0 Å². The normalized spacial score (nSPS) is 10.5. The minimum Gasteiger partial charge on any atom is -0.347 e. The minimum absolute atomic E-state index is 0.269. The Labute approximate surface area is 147 Å². The van der Waals surface area contributed by atoms with Crippen molar-refractivity contribution >= 4 is 34.0 Å². The fourth-order valence-electron chi connectivity index (χ4n) is 2.35. The van der Waals surface area contributed by atoms with E-state index in [1.807, 2.05) is 0 Å². The number of aryl methyl sites for hydroxylation is 1. The van der Waals surface area contributed by atoms with E-state index in [9.17, 15) is 14.0 Å². The summed E-state index contributed by atoms with van der Waals surface area (Å²) < 4.78 is 15.2. The number of hydrogen-bond donors (Lipinski definition) is 2. The highest BCUT2D eigenvalue weighted by molar-refractivity contribution is 7.14. The highest BCUT2D eigenvalue weighted by Gasteiger charge is 2.14. The summed E-state index contributed by atoms with van der Waals surface area (Å²) in [6, 6.07) is 7.55. The van der Waals surface area contributed by atoms with Crippen molar-refractivity contribution in [3.63, 3.8) is 0 Å². The maximum Gasteiger partial charge on any atom is 0.274 e. The first kappa shape index (κ1) is 16.8. The van der Waals surface area contributed by atoms with Gasteiger partial charge < -0.3 is 9.88 Å². The van der Waals surface area contributed by atoms with Gasteiger partial charge >= 0.3 is 0 Å². The molecular formula is C17H15FN4O2S. The second kappa shape index (κ2) is 6.86. The second-order valence-corrected chi connectivity index (χ2v) is 6.23. The van der Waals surface area contributed by atoms with Gasteiger partial charge in [-0.15, -0.1) is 11.3 Å². The number of thiazole rings is 1. The summed E-state index contributed by atoms with van der Waals surface area (Å²) in [5.74, 6) is -1.03. The number of nitrogens with one attached hydrogen (secondary N) is 2. The molecule has 3 aromatic rings. The van der Waals surface area contributed by atoms with Crippen LogP contribution in [0.15, 0.2) is 41.9 Å². The number of rotatable bonds is 4. The van der Waals surface area contributed by atoms with Crippen molar-refractivity contribution in [2.75, 3.05) is 10.6 Å². The smallest absolute Gasteiger partial charge is 0.274 e. The number of halogens is 1. The van der Waals surface area contributed by atoms with Gasteiger partial charge in [-0.1, -0.05) is 0 Å². The third-order valence-electron chi connectivity index (χ3n) is 3.47. The summed E-state index contributed by atoms with van der Waals surface area (Å²) in [5.41, 5.74) is 1.96. The number of amides is 2. The predicted octanol–water partition coefficient (Wildman–Crippen LogP) is 3.50. The molecule has 0 fully saturated rings. The summed E-state index contributed by atoms with van der Waals surface area (Å²) in [6.45, 7) is 1.35. The van der Waals surface area contributed by atoms with Crippen LogP contribution in [-0.2, 0) is 11.8 Å². The number of benzene rings is 1. The Hall–Kier alpha value is -3.00. The van der Waals surface area contributed by atoms with Crippen LogP contribution in [0, 0.1) is 5.82 Å². The van der Waals surface area contributed by atoms with Gasteiger partial charge in [0.2, 0.25) is 5.91 Å². The molecule has 25 heavy (non-hydrogen) atoms. The lowest BCUT2D eigenvalue weighted by Crippen LogP contribution is -2.15.